The Morgan fingerprint density at radius 3 is 1.71 bits per heavy atom. The summed E-state index contributed by atoms with van der Waals surface area (Å²) in [5.41, 5.74) is 2.36. The number of rotatable bonds is 4. The number of hydrogen-bond acceptors (Lipinski definition) is 1. The number of hydrogen-bond donors (Lipinski definition) is 1. The van der Waals surface area contributed by atoms with Crippen LogP contribution in [0.5, 0.6) is 5.75 Å². The third kappa shape index (κ3) is 2.08. The quantitative estimate of drug-likeness (QED) is 0.811. The topological polar surface area (TPSA) is 20.2 Å². The fourth-order valence-electron chi connectivity index (χ4n) is 3.02. The Bertz CT molecular complexity index is 379. The molecule has 2 aliphatic carbocycles. The summed E-state index contributed by atoms with van der Waals surface area (Å²) in [6, 6.07) is 6.35. The molecule has 2 atom stereocenters. The molecule has 0 aliphatic heterocycles. The van der Waals surface area contributed by atoms with Gasteiger partial charge < -0.3 is 5.11 Å². The zero-order valence-electron chi connectivity index (χ0n) is 10.8. The summed E-state index contributed by atoms with van der Waals surface area (Å²) in [6.45, 7) is 4.52. The van der Waals surface area contributed by atoms with Gasteiger partial charge in [-0.25, -0.2) is 0 Å². The average Bonchev–Trinajstić information content (AvgIpc) is 3.20. The molecule has 1 heteroatoms. The normalized spacial score (nSPS) is 23.4. The van der Waals surface area contributed by atoms with Crippen molar-refractivity contribution in [2.24, 2.45) is 11.8 Å². The molecule has 1 N–H and O–H groups in total. The number of aromatic hydroxyl groups is 1. The van der Waals surface area contributed by atoms with E-state index >= 15 is 0 Å². The highest BCUT2D eigenvalue weighted by Gasteiger charge is 2.33. The van der Waals surface area contributed by atoms with Gasteiger partial charge in [0.15, 0.2) is 0 Å². The molecule has 2 saturated carbocycles. The first-order chi connectivity index (χ1) is 8.18. The molecular formula is C16H22O. The van der Waals surface area contributed by atoms with E-state index in [1.165, 1.54) is 36.8 Å². The largest absolute Gasteiger partial charge is 0.507 e. The molecule has 0 amide bonds. The highest BCUT2D eigenvalue weighted by Crippen LogP contribution is 2.49. The second kappa shape index (κ2) is 4.04. The van der Waals surface area contributed by atoms with E-state index in [1.54, 1.807) is 0 Å². The molecule has 1 nitrogen and oxygen atoms in total. The van der Waals surface area contributed by atoms with Crippen LogP contribution in [0.2, 0.25) is 0 Å². The Labute approximate surface area is 104 Å². The second-order valence-electron chi connectivity index (χ2n) is 6.04. The van der Waals surface area contributed by atoms with Crippen molar-refractivity contribution < 1.29 is 5.11 Å². The first kappa shape index (κ1) is 11.1. The Kier molecular flexibility index (Phi) is 2.65. The van der Waals surface area contributed by atoms with E-state index in [-0.39, 0.29) is 0 Å². The summed E-state index contributed by atoms with van der Waals surface area (Å²) in [4.78, 5) is 0. The van der Waals surface area contributed by atoms with Gasteiger partial charge in [0.25, 0.3) is 0 Å². The Balaban J connectivity index is 1.91. The lowest BCUT2D eigenvalue weighted by Crippen LogP contribution is -2.02. The van der Waals surface area contributed by atoms with Gasteiger partial charge >= 0.3 is 0 Å². The summed E-state index contributed by atoms with van der Waals surface area (Å²) in [5.74, 6) is 3.27. The molecule has 2 fully saturated rings. The molecule has 0 radical (unpaired) electrons. The van der Waals surface area contributed by atoms with Crippen LogP contribution in [0.1, 0.15) is 62.5 Å². The van der Waals surface area contributed by atoms with E-state index < -0.39 is 0 Å². The lowest BCUT2D eigenvalue weighted by Gasteiger charge is -2.18. The molecule has 1 aromatic rings. The lowest BCUT2D eigenvalue weighted by atomic mass is 9.88. The molecule has 1 aromatic carbocycles. The minimum atomic E-state index is 0.529. The van der Waals surface area contributed by atoms with Crippen molar-refractivity contribution in [1.29, 1.82) is 0 Å². The van der Waals surface area contributed by atoms with Crippen LogP contribution in [0.15, 0.2) is 18.2 Å². The predicted octanol–water partition coefficient (Wildman–Crippen LogP) is 4.42. The van der Waals surface area contributed by atoms with Gasteiger partial charge in [0, 0.05) is 0 Å². The Hall–Kier alpha value is -0.980. The summed E-state index contributed by atoms with van der Waals surface area (Å²) in [5, 5.41) is 10.5. The van der Waals surface area contributed by atoms with Crippen molar-refractivity contribution in [2.45, 2.75) is 51.4 Å². The third-order valence-electron chi connectivity index (χ3n) is 4.74. The molecule has 92 valence electrons. The second-order valence-corrected chi connectivity index (χ2v) is 6.04. The maximum Gasteiger partial charge on any atom is 0.122 e. The fourth-order valence-corrected chi connectivity index (χ4v) is 3.02. The summed E-state index contributed by atoms with van der Waals surface area (Å²) >= 11 is 0. The monoisotopic (exact) mass is 230 g/mol. The van der Waals surface area contributed by atoms with E-state index in [4.69, 9.17) is 0 Å². The van der Waals surface area contributed by atoms with Crippen molar-refractivity contribution in [3.05, 3.63) is 29.3 Å². The van der Waals surface area contributed by atoms with Crippen LogP contribution in [0, 0.1) is 11.8 Å². The molecule has 0 bridgehead atoms. The van der Waals surface area contributed by atoms with Crippen LogP contribution in [-0.4, -0.2) is 5.11 Å². The highest BCUT2D eigenvalue weighted by atomic mass is 16.3. The van der Waals surface area contributed by atoms with Crippen LogP contribution >= 0.6 is 0 Å². The maximum atomic E-state index is 10.5. The summed E-state index contributed by atoms with van der Waals surface area (Å²) < 4.78 is 0. The van der Waals surface area contributed by atoms with Crippen molar-refractivity contribution in [2.75, 3.05) is 0 Å². The van der Waals surface area contributed by atoms with Crippen LogP contribution in [0.3, 0.4) is 0 Å². The number of para-hydroxylation sites is 1. The maximum absolute atomic E-state index is 10.5. The molecule has 17 heavy (non-hydrogen) atoms. The number of phenolic OH excluding ortho intramolecular Hbond substituents is 1. The standard InChI is InChI=1S/C16H22O/c1-10(12-6-7-12)14-4-3-5-15(16(14)17)11(2)13-8-9-13/h3-5,10-13,17H,6-9H2,1-2H3/t10-,11?/m1/s1. The SMILES string of the molecule is CC(c1cccc([C@H](C)C2CC2)c1O)C1CC1. The minimum absolute atomic E-state index is 0.529. The third-order valence-corrected chi connectivity index (χ3v) is 4.74. The molecular weight excluding hydrogens is 208 g/mol. The smallest absolute Gasteiger partial charge is 0.122 e. The molecule has 1 unspecified atom stereocenters. The van der Waals surface area contributed by atoms with Crippen LogP contribution in [0.25, 0.3) is 0 Å². The fraction of sp³-hybridized carbons (Fsp3) is 0.625. The first-order valence-corrected chi connectivity index (χ1v) is 7.00. The minimum Gasteiger partial charge on any atom is -0.507 e. The van der Waals surface area contributed by atoms with Gasteiger partial charge in [-0.2, -0.15) is 0 Å². The van der Waals surface area contributed by atoms with E-state index in [0.29, 0.717) is 17.6 Å². The molecule has 0 saturated heterocycles. The van der Waals surface area contributed by atoms with E-state index in [2.05, 4.69) is 32.0 Å². The van der Waals surface area contributed by atoms with Crippen LogP contribution in [0.4, 0.5) is 0 Å². The molecule has 0 heterocycles. The van der Waals surface area contributed by atoms with Gasteiger partial charge in [0.2, 0.25) is 0 Å². The zero-order valence-corrected chi connectivity index (χ0v) is 10.8. The van der Waals surface area contributed by atoms with Gasteiger partial charge in [-0.05, 0) is 60.5 Å². The molecule has 3 rings (SSSR count). The zero-order chi connectivity index (χ0) is 12.0. The van der Waals surface area contributed by atoms with Gasteiger partial charge in [0.1, 0.15) is 5.75 Å². The van der Waals surface area contributed by atoms with E-state index in [0.717, 1.165) is 11.8 Å². The lowest BCUT2D eigenvalue weighted by molar-refractivity contribution is 0.443. The number of benzene rings is 1. The molecule has 0 spiro atoms. The highest BCUT2D eigenvalue weighted by molar-refractivity contribution is 5.45. The van der Waals surface area contributed by atoms with E-state index in [1.807, 2.05) is 0 Å². The van der Waals surface area contributed by atoms with Gasteiger partial charge in [-0.1, -0.05) is 32.0 Å². The Morgan fingerprint density at radius 2 is 1.35 bits per heavy atom. The van der Waals surface area contributed by atoms with Crippen molar-refractivity contribution >= 4 is 0 Å². The van der Waals surface area contributed by atoms with E-state index in [9.17, 15) is 5.11 Å². The van der Waals surface area contributed by atoms with Crippen molar-refractivity contribution in [3.63, 3.8) is 0 Å². The first-order valence-electron chi connectivity index (χ1n) is 7.00. The number of phenols is 1. The molecule has 0 aromatic heterocycles. The van der Waals surface area contributed by atoms with Crippen molar-refractivity contribution in [3.8, 4) is 5.75 Å². The predicted molar refractivity (Wildman–Crippen MR) is 70.4 cm³/mol. The summed E-state index contributed by atoms with van der Waals surface area (Å²) in [6.07, 6.45) is 5.35. The van der Waals surface area contributed by atoms with Gasteiger partial charge in [-0.15, -0.1) is 0 Å². The van der Waals surface area contributed by atoms with Crippen LogP contribution < -0.4 is 0 Å². The Morgan fingerprint density at radius 1 is 0.941 bits per heavy atom. The van der Waals surface area contributed by atoms with Crippen molar-refractivity contribution in [1.82, 2.24) is 0 Å². The van der Waals surface area contributed by atoms with Gasteiger partial charge in [-0.3, -0.25) is 0 Å². The molecule has 2 aliphatic rings. The van der Waals surface area contributed by atoms with Gasteiger partial charge in [0.05, 0.1) is 0 Å². The summed E-state index contributed by atoms with van der Waals surface area (Å²) in [7, 11) is 0. The average molecular weight is 230 g/mol. The van der Waals surface area contributed by atoms with Crippen LogP contribution in [-0.2, 0) is 0 Å².